The maximum absolute atomic E-state index is 12.2. The number of amides is 1. The van der Waals surface area contributed by atoms with Crippen LogP contribution in [0.4, 0.5) is 0 Å². The van der Waals surface area contributed by atoms with E-state index >= 15 is 0 Å². The summed E-state index contributed by atoms with van der Waals surface area (Å²) in [5.41, 5.74) is 1.12. The lowest BCUT2D eigenvalue weighted by Crippen LogP contribution is -2.22. The van der Waals surface area contributed by atoms with Crippen LogP contribution < -0.4 is 24.3 Å². The fourth-order valence-corrected chi connectivity index (χ4v) is 2.65. The van der Waals surface area contributed by atoms with Gasteiger partial charge in [0.1, 0.15) is 5.75 Å². The molecular formula is C20H21N3O6. The van der Waals surface area contributed by atoms with Crippen molar-refractivity contribution in [2.45, 2.75) is 6.54 Å². The molecule has 2 aromatic carbocycles. The Bertz CT molecular complexity index is 959. The number of hydrogen-bond acceptors (Lipinski definition) is 8. The summed E-state index contributed by atoms with van der Waals surface area (Å²) in [5.74, 6) is 2.42. The summed E-state index contributed by atoms with van der Waals surface area (Å²) in [4.78, 5) is 16.6. The number of carbonyl (C=O) groups excluding carboxylic acids is 1. The van der Waals surface area contributed by atoms with Gasteiger partial charge in [-0.05, 0) is 36.4 Å². The van der Waals surface area contributed by atoms with Crippen LogP contribution >= 0.6 is 0 Å². The molecule has 0 aliphatic heterocycles. The first-order valence-electron chi connectivity index (χ1n) is 8.64. The number of carbonyl (C=O) groups is 1. The number of methoxy groups -OCH3 is 4. The topological polar surface area (TPSA) is 105 Å². The fraction of sp³-hybridized carbons (Fsp3) is 0.250. The predicted molar refractivity (Wildman–Crippen MR) is 104 cm³/mol. The van der Waals surface area contributed by atoms with E-state index in [2.05, 4.69) is 15.5 Å². The number of nitrogens with one attached hydrogen (secondary N) is 1. The van der Waals surface area contributed by atoms with E-state index in [9.17, 15) is 4.79 Å². The first-order chi connectivity index (χ1) is 14.1. The summed E-state index contributed by atoms with van der Waals surface area (Å²) < 4.78 is 26.3. The molecule has 0 atom stereocenters. The zero-order valence-electron chi connectivity index (χ0n) is 16.5. The zero-order valence-corrected chi connectivity index (χ0v) is 16.5. The minimum Gasteiger partial charge on any atom is -0.497 e. The van der Waals surface area contributed by atoms with E-state index in [1.807, 2.05) is 0 Å². The molecule has 0 unspecified atom stereocenters. The predicted octanol–water partition coefficient (Wildman–Crippen LogP) is 2.70. The highest BCUT2D eigenvalue weighted by Gasteiger charge is 2.17. The highest BCUT2D eigenvalue weighted by atomic mass is 16.5. The van der Waals surface area contributed by atoms with E-state index in [0.29, 0.717) is 39.9 Å². The SMILES string of the molecule is COc1ccc(C(=O)NCc2nc(-c3cc(OC)c(OC)c(OC)c3)no2)cc1. The number of nitrogens with zero attached hydrogens (tertiary/aromatic N) is 2. The Labute approximate surface area is 167 Å². The van der Waals surface area contributed by atoms with Crippen LogP contribution in [-0.4, -0.2) is 44.5 Å². The molecule has 0 fully saturated rings. The zero-order chi connectivity index (χ0) is 20.8. The summed E-state index contributed by atoms with van der Waals surface area (Å²) >= 11 is 0. The third-order valence-electron chi connectivity index (χ3n) is 4.14. The van der Waals surface area contributed by atoms with Crippen molar-refractivity contribution >= 4 is 5.91 Å². The molecule has 9 nitrogen and oxygen atoms in total. The Morgan fingerprint density at radius 2 is 1.62 bits per heavy atom. The van der Waals surface area contributed by atoms with Crippen molar-refractivity contribution in [2.24, 2.45) is 0 Å². The Balaban J connectivity index is 1.73. The summed E-state index contributed by atoms with van der Waals surface area (Å²) in [6.45, 7) is 0.0856. The van der Waals surface area contributed by atoms with Gasteiger partial charge >= 0.3 is 0 Å². The maximum Gasteiger partial charge on any atom is 0.251 e. The van der Waals surface area contributed by atoms with Crippen LogP contribution in [0.5, 0.6) is 23.0 Å². The van der Waals surface area contributed by atoms with Gasteiger partial charge < -0.3 is 28.8 Å². The van der Waals surface area contributed by atoms with E-state index in [-0.39, 0.29) is 18.3 Å². The highest BCUT2D eigenvalue weighted by Crippen LogP contribution is 2.40. The second-order valence-electron chi connectivity index (χ2n) is 5.84. The van der Waals surface area contributed by atoms with Crippen LogP contribution in [0.1, 0.15) is 16.2 Å². The molecule has 3 aromatic rings. The van der Waals surface area contributed by atoms with Crippen molar-refractivity contribution in [1.29, 1.82) is 0 Å². The van der Waals surface area contributed by atoms with Gasteiger partial charge in [0.05, 0.1) is 35.0 Å². The van der Waals surface area contributed by atoms with E-state index < -0.39 is 0 Å². The highest BCUT2D eigenvalue weighted by molar-refractivity contribution is 5.94. The lowest BCUT2D eigenvalue weighted by molar-refractivity contribution is 0.0946. The second-order valence-corrected chi connectivity index (χ2v) is 5.84. The van der Waals surface area contributed by atoms with Crippen LogP contribution in [0.3, 0.4) is 0 Å². The first kappa shape index (κ1) is 20.0. The Kier molecular flexibility index (Phi) is 6.18. The van der Waals surface area contributed by atoms with E-state index in [1.165, 1.54) is 21.3 Å². The third-order valence-corrected chi connectivity index (χ3v) is 4.14. The van der Waals surface area contributed by atoms with Gasteiger partial charge in [-0.1, -0.05) is 5.16 Å². The van der Waals surface area contributed by atoms with Crippen LogP contribution in [0.25, 0.3) is 11.4 Å². The molecule has 9 heteroatoms. The number of rotatable bonds is 8. The molecule has 0 bridgehead atoms. The van der Waals surface area contributed by atoms with E-state index in [0.717, 1.165) is 0 Å². The van der Waals surface area contributed by atoms with Gasteiger partial charge in [0.2, 0.25) is 17.5 Å². The molecule has 0 saturated heterocycles. The molecular weight excluding hydrogens is 378 g/mol. The van der Waals surface area contributed by atoms with Gasteiger partial charge in [-0.3, -0.25) is 4.79 Å². The van der Waals surface area contributed by atoms with Crippen LogP contribution in [0.2, 0.25) is 0 Å². The summed E-state index contributed by atoms with van der Waals surface area (Å²) in [5, 5.41) is 6.70. The Hall–Kier alpha value is -3.75. The minimum atomic E-state index is -0.264. The summed E-state index contributed by atoms with van der Waals surface area (Å²) in [6, 6.07) is 10.2. The van der Waals surface area contributed by atoms with Gasteiger partial charge in [0.15, 0.2) is 11.5 Å². The molecule has 1 amide bonds. The summed E-state index contributed by atoms with van der Waals surface area (Å²) in [7, 11) is 6.14. The van der Waals surface area contributed by atoms with Crippen molar-refractivity contribution in [1.82, 2.24) is 15.5 Å². The first-order valence-corrected chi connectivity index (χ1v) is 8.64. The average molecular weight is 399 g/mol. The van der Waals surface area contributed by atoms with Crippen LogP contribution in [0, 0.1) is 0 Å². The number of aromatic nitrogens is 2. The minimum absolute atomic E-state index is 0.0856. The van der Waals surface area contributed by atoms with Crippen molar-refractivity contribution < 1.29 is 28.3 Å². The molecule has 1 N–H and O–H groups in total. The molecule has 3 rings (SSSR count). The van der Waals surface area contributed by atoms with Gasteiger partial charge in [-0.25, -0.2) is 0 Å². The lowest BCUT2D eigenvalue weighted by atomic mass is 10.1. The maximum atomic E-state index is 12.2. The molecule has 152 valence electrons. The lowest BCUT2D eigenvalue weighted by Gasteiger charge is -2.12. The third kappa shape index (κ3) is 4.40. The van der Waals surface area contributed by atoms with Gasteiger partial charge in [-0.2, -0.15) is 4.98 Å². The number of ether oxygens (including phenoxy) is 4. The normalized spacial score (nSPS) is 10.3. The molecule has 0 spiro atoms. The Morgan fingerprint density at radius 1 is 0.966 bits per heavy atom. The largest absolute Gasteiger partial charge is 0.497 e. The van der Waals surface area contributed by atoms with Crippen molar-refractivity contribution in [3.63, 3.8) is 0 Å². The molecule has 29 heavy (non-hydrogen) atoms. The van der Waals surface area contributed by atoms with Gasteiger partial charge in [-0.15, -0.1) is 0 Å². The molecule has 0 saturated carbocycles. The summed E-state index contributed by atoms with van der Waals surface area (Å²) in [6.07, 6.45) is 0. The Morgan fingerprint density at radius 3 is 2.17 bits per heavy atom. The average Bonchev–Trinajstić information content (AvgIpc) is 3.25. The monoisotopic (exact) mass is 399 g/mol. The standard InChI is InChI=1S/C20H21N3O6/c1-25-14-7-5-12(6-8-14)20(24)21-11-17-22-19(23-29-17)13-9-15(26-2)18(28-4)16(10-13)27-3/h5-10H,11H2,1-4H3,(H,21,24). The van der Waals surface area contributed by atoms with E-state index in [4.69, 9.17) is 23.5 Å². The van der Waals surface area contributed by atoms with E-state index in [1.54, 1.807) is 43.5 Å². The van der Waals surface area contributed by atoms with Gasteiger partial charge in [0.25, 0.3) is 5.91 Å². The van der Waals surface area contributed by atoms with Crippen LogP contribution in [-0.2, 0) is 6.54 Å². The quantitative estimate of drug-likeness (QED) is 0.616. The molecule has 1 aromatic heterocycles. The van der Waals surface area contributed by atoms with Crippen molar-refractivity contribution in [3.05, 3.63) is 47.9 Å². The van der Waals surface area contributed by atoms with Crippen molar-refractivity contribution in [2.75, 3.05) is 28.4 Å². The van der Waals surface area contributed by atoms with Crippen molar-refractivity contribution in [3.8, 4) is 34.4 Å². The van der Waals surface area contributed by atoms with Gasteiger partial charge in [0, 0.05) is 11.1 Å². The fourth-order valence-electron chi connectivity index (χ4n) is 2.65. The molecule has 0 aliphatic rings. The van der Waals surface area contributed by atoms with Crippen LogP contribution in [0.15, 0.2) is 40.9 Å². The molecule has 0 aliphatic carbocycles. The second kappa shape index (κ2) is 8.96. The smallest absolute Gasteiger partial charge is 0.251 e. The number of benzene rings is 2. The molecule has 1 heterocycles. The number of hydrogen-bond donors (Lipinski definition) is 1. The molecule has 0 radical (unpaired) electrons.